The van der Waals surface area contributed by atoms with E-state index in [0.717, 1.165) is 25.3 Å². The molecule has 27 heavy (non-hydrogen) atoms. The fraction of sp³-hybridized carbons (Fsp3) is 0.421. The van der Waals surface area contributed by atoms with E-state index in [1.807, 2.05) is 0 Å². The number of carbonyl (C=O) groups excluding carboxylic acids is 1. The molecule has 1 aromatic carbocycles. The van der Waals surface area contributed by atoms with Gasteiger partial charge in [0.2, 0.25) is 0 Å². The number of benzene rings is 1. The Hall–Kier alpha value is -2.10. The molecule has 8 heteroatoms. The van der Waals surface area contributed by atoms with Gasteiger partial charge >= 0.3 is 0 Å². The van der Waals surface area contributed by atoms with E-state index in [9.17, 15) is 4.79 Å². The van der Waals surface area contributed by atoms with Crippen molar-refractivity contribution in [1.29, 1.82) is 0 Å². The van der Waals surface area contributed by atoms with Crippen LogP contribution in [-0.2, 0) is 6.54 Å². The molecule has 0 saturated carbocycles. The van der Waals surface area contributed by atoms with Crippen LogP contribution in [-0.4, -0.2) is 41.7 Å². The maximum absolute atomic E-state index is 11.8. The van der Waals surface area contributed by atoms with Crippen molar-refractivity contribution in [2.24, 2.45) is 4.99 Å². The quantitative estimate of drug-likeness (QED) is 0.191. The minimum Gasteiger partial charge on any atom is -0.356 e. The SMILES string of the molecule is CCCCNC(=NCc1ccc(C)cc1)NCCNC(=O)c1ccn[nH]1.I. The van der Waals surface area contributed by atoms with Gasteiger partial charge in [-0.15, -0.1) is 24.0 Å². The summed E-state index contributed by atoms with van der Waals surface area (Å²) in [5.41, 5.74) is 2.87. The number of guanidine groups is 1. The molecule has 1 aromatic heterocycles. The number of amides is 1. The second-order valence-electron chi connectivity index (χ2n) is 6.08. The van der Waals surface area contributed by atoms with Crippen LogP contribution in [0, 0.1) is 6.92 Å². The Morgan fingerprint density at radius 3 is 2.44 bits per heavy atom. The first-order chi connectivity index (χ1) is 12.7. The molecule has 4 N–H and O–H groups in total. The zero-order valence-electron chi connectivity index (χ0n) is 15.9. The zero-order valence-corrected chi connectivity index (χ0v) is 18.2. The van der Waals surface area contributed by atoms with Crippen molar-refractivity contribution in [3.8, 4) is 0 Å². The number of aryl methyl sites for hydroxylation is 1. The molecule has 0 spiro atoms. The van der Waals surface area contributed by atoms with E-state index in [0.29, 0.717) is 25.3 Å². The molecular weight excluding hydrogens is 455 g/mol. The zero-order chi connectivity index (χ0) is 18.6. The van der Waals surface area contributed by atoms with Crippen molar-refractivity contribution in [3.05, 3.63) is 53.3 Å². The number of nitrogens with one attached hydrogen (secondary N) is 4. The summed E-state index contributed by atoms with van der Waals surface area (Å²) in [5.74, 6) is 0.594. The Kier molecular flexibility index (Phi) is 11.2. The summed E-state index contributed by atoms with van der Waals surface area (Å²) in [7, 11) is 0. The molecule has 0 radical (unpaired) electrons. The molecule has 7 nitrogen and oxygen atoms in total. The van der Waals surface area contributed by atoms with Gasteiger partial charge in [0, 0.05) is 25.8 Å². The number of carbonyl (C=O) groups is 1. The molecule has 1 heterocycles. The van der Waals surface area contributed by atoms with E-state index in [4.69, 9.17) is 0 Å². The van der Waals surface area contributed by atoms with Gasteiger partial charge in [-0.1, -0.05) is 43.2 Å². The van der Waals surface area contributed by atoms with Crippen molar-refractivity contribution in [2.75, 3.05) is 19.6 Å². The standard InChI is InChI=1S/C19H28N6O.HI/c1-3-4-10-21-19(23-14-16-7-5-15(2)6-8-16)22-13-12-20-18(26)17-9-11-24-25-17;/h5-9,11H,3-4,10,12-14H2,1-2H3,(H,20,26)(H,24,25)(H2,21,22,23);1H. The lowest BCUT2D eigenvalue weighted by Crippen LogP contribution is -2.42. The van der Waals surface area contributed by atoms with Gasteiger partial charge in [0.15, 0.2) is 5.96 Å². The normalized spacial score (nSPS) is 10.8. The summed E-state index contributed by atoms with van der Waals surface area (Å²) in [6.07, 6.45) is 3.76. The molecule has 0 saturated heterocycles. The summed E-state index contributed by atoms with van der Waals surface area (Å²) in [5, 5.41) is 15.8. The number of aromatic amines is 1. The Morgan fingerprint density at radius 2 is 1.78 bits per heavy atom. The fourth-order valence-corrected chi connectivity index (χ4v) is 2.26. The Labute approximate surface area is 177 Å². The molecule has 1 amide bonds. The highest BCUT2D eigenvalue weighted by atomic mass is 127. The summed E-state index contributed by atoms with van der Waals surface area (Å²) in [6, 6.07) is 10.0. The molecule has 0 aliphatic carbocycles. The summed E-state index contributed by atoms with van der Waals surface area (Å²) < 4.78 is 0. The van der Waals surface area contributed by atoms with E-state index in [-0.39, 0.29) is 29.9 Å². The molecule has 2 rings (SSSR count). The van der Waals surface area contributed by atoms with Gasteiger partial charge in [-0.05, 0) is 25.0 Å². The number of aromatic nitrogens is 2. The van der Waals surface area contributed by atoms with Crippen molar-refractivity contribution in [2.45, 2.75) is 33.2 Å². The van der Waals surface area contributed by atoms with E-state index in [1.54, 1.807) is 12.3 Å². The average Bonchev–Trinajstić information content (AvgIpc) is 3.18. The monoisotopic (exact) mass is 484 g/mol. The topological polar surface area (TPSA) is 94.2 Å². The number of nitrogens with zero attached hydrogens (tertiary/aromatic N) is 2. The summed E-state index contributed by atoms with van der Waals surface area (Å²) >= 11 is 0. The molecule has 2 aromatic rings. The second kappa shape index (κ2) is 13.1. The van der Waals surface area contributed by atoms with Crippen molar-refractivity contribution < 1.29 is 4.79 Å². The first-order valence-corrected chi connectivity index (χ1v) is 9.04. The van der Waals surface area contributed by atoms with Gasteiger partial charge in [0.1, 0.15) is 5.69 Å². The van der Waals surface area contributed by atoms with Gasteiger partial charge in [-0.2, -0.15) is 5.10 Å². The van der Waals surface area contributed by atoms with E-state index in [2.05, 4.69) is 69.3 Å². The van der Waals surface area contributed by atoms with E-state index < -0.39 is 0 Å². The maximum Gasteiger partial charge on any atom is 0.269 e. The Morgan fingerprint density at radius 1 is 1.07 bits per heavy atom. The van der Waals surface area contributed by atoms with Gasteiger partial charge in [0.05, 0.1) is 6.54 Å². The first-order valence-electron chi connectivity index (χ1n) is 9.04. The smallest absolute Gasteiger partial charge is 0.269 e. The molecular formula is C19H29IN6O. The van der Waals surface area contributed by atoms with Crippen LogP contribution in [0.5, 0.6) is 0 Å². The lowest BCUT2D eigenvalue weighted by atomic mass is 10.1. The van der Waals surface area contributed by atoms with Crippen molar-refractivity contribution >= 4 is 35.8 Å². The van der Waals surface area contributed by atoms with Crippen LogP contribution in [0.15, 0.2) is 41.5 Å². The van der Waals surface area contributed by atoms with Gasteiger partial charge in [-0.3, -0.25) is 9.89 Å². The number of halogens is 1. The number of hydrogen-bond donors (Lipinski definition) is 4. The fourth-order valence-electron chi connectivity index (χ4n) is 2.26. The largest absolute Gasteiger partial charge is 0.356 e. The van der Waals surface area contributed by atoms with Crippen LogP contribution in [0.4, 0.5) is 0 Å². The number of unbranched alkanes of at least 4 members (excludes halogenated alkanes) is 1. The molecule has 0 unspecified atom stereocenters. The summed E-state index contributed by atoms with van der Waals surface area (Å²) in [4.78, 5) is 16.5. The number of hydrogen-bond acceptors (Lipinski definition) is 3. The molecule has 0 aliphatic rings. The molecule has 148 valence electrons. The Balaban J connectivity index is 0.00000364. The molecule has 0 bridgehead atoms. The third-order valence-corrected chi connectivity index (χ3v) is 3.81. The van der Waals surface area contributed by atoms with Crippen molar-refractivity contribution in [3.63, 3.8) is 0 Å². The second-order valence-corrected chi connectivity index (χ2v) is 6.08. The van der Waals surface area contributed by atoms with E-state index in [1.165, 1.54) is 11.1 Å². The lowest BCUT2D eigenvalue weighted by Gasteiger charge is -2.13. The summed E-state index contributed by atoms with van der Waals surface area (Å²) in [6.45, 7) is 6.80. The predicted molar refractivity (Wildman–Crippen MR) is 120 cm³/mol. The number of H-pyrrole nitrogens is 1. The molecule has 0 aliphatic heterocycles. The van der Waals surface area contributed by atoms with Gasteiger partial charge < -0.3 is 16.0 Å². The average molecular weight is 484 g/mol. The predicted octanol–water partition coefficient (Wildman–Crippen LogP) is 2.60. The third kappa shape index (κ3) is 8.89. The van der Waals surface area contributed by atoms with Gasteiger partial charge in [-0.25, -0.2) is 4.99 Å². The van der Waals surface area contributed by atoms with E-state index >= 15 is 0 Å². The van der Waals surface area contributed by atoms with Crippen LogP contribution in [0.3, 0.4) is 0 Å². The first kappa shape index (κ1) is 22.9. The molecule has 0 fully saturated rings. The van der Waals surface area contributed by atoms with Gasteiger partial charge in [0.25, 0.3) is 5.91 Å². The minimum absolute atomic E-state index is 0. The number of aliphatic imine (C=N–C) groups is 1. The van der Waals surface area contributed by atoms with Crippen LogP contribution < -0.4 is 16.0 Å². The Bertz CT molecular complexity index is 685. The van der Waals surface area contributed by atoms with Crippen molar-refractivity contribution in [1.82, 2.24) is 26.1 Å². The van der Waals surface area contributed by atoms with Crippen LogP contribution in [0.25, 0.3) is 0 Å². The minimum atomic E-state index is -0.165. The number of rotatable bonds is 9. The van der Waals surface area contributed by atoms with Crippen LogP contribution in [0.2, 0.25) is 0 Å². The van der Waals surface area contributed by atoms with Crippen LogP contribution in [0.1, 0.15) is 41.4 Å². The third-order valence-electron chi connectivity index (χ3n) is 3.81. The highest BCUT2D eigenvalue weighted by Gasteiger charge is 2.05. The highest BCUT2D eigenvalue weighted by molar-refractivity contribution is 14.0. The highest BCUT2D eigenvalue weighted by Crippen LogP contribution is 2.04. The molecule has 0 atom stereocenters. The van der Waals surface area contributed by atoms with Crippen LogP contribution >= 0.6 is 24.0 Å². The lowest BCUT2D eigenvalue weighted by molar-refractivity contribution is 0.0949. The maximum atomic E-state index is 11.8.